The number of carbonyl (C=O) groups excluding carboxylic acids is 2. The van der Waals surface area contributed by atoms with Crippen LogP contribution in [0.4, 0.5) is 0 Å². The van der Waals surface area contributed by atoms with Crippen LogP contribution in [0.3, 0.4) is 0 Å². The van der Waals surface area contributed by atoms with Crippen LogP contribution in [-0.4, -0.2) is 59.8 Å². The van der Waals surface area contributed by atoms with Crippen molar-refractivity contribution in [3.63, 3.8) is 0 Å². The highest BCUT2D eigenvalue weighted by Gasteiger charge is 2.41. The fraction of sp³-hybridized carbons (Fsp3) is 0.920. The van der Waals surface area contributed by atoms with E-state index in [1.807, 2.05) is 67.2 Å². The molecule has 1 aliphatic heterocycles. The number of rotatable bonds is 12. The maximum absolute atomic E-state index is 13.5. The quantitative estimate of drug-likeness (QED) is 0.478. The summed E-state index contributed by atoms with van der Waals surface area (Å²) < 4.78 is 11.5. The third kappa shape index (κ3) is 9.48. The van der Waals surface area contributed by atoms with Gasteiger partial charge in [-0.2, -0.15) is 0 Å². The zero-order valence-electron chi connectivity index (χ0n) is 21.6. The van der Waals surface area contributed by atoms with Crippen molar-refractivity contribution >= 4 is 11.8 Å². The number of nitrogens with zero attached hydrogens (tertiary/aromatic N) is 1. The van der Waals surface area contributed by atoms with Gasteiger partial charge in [0.25, 0.3) is 0 Å². The van der Waals surface area contributed by atoms with Gasteiger partial charge in [-0.25, -0.2) is 0 Å². The van der Waals surface area contributed by atoms with Crippen molar-refractivity contribution in [1.29, 1.82) is 0 Å². The Morgan fingerprint density at radius 1 is 1.06 bits per heavy atom. The molecule has 6 nitrogen and oxygen atoms in total. The lowest BCUT2D eigenvalue weighted by atomic mass is 9.79. The topological polar surface area (TPSA) is 67.9 Å². The number of carbonyl (C=O) groups is 2. The Bertz CT molecular complexity index is 586. The molecule has 0 aromatic heterocycles. The molecule has 1 fully saturated rings. The molecule has 6 heteroatoms. The predicted molar refractivity (Wildman–Crippen MR) is 126 cm³/mol. The summed E-state index contributed by atoms with van der Waals surface area (Å²) in [6, 6.07) is -0.0455. The minimum Gasteiger partial charge on any atom is -0.379 e. The number of piperidine rings is 1. The van der Waals surface area contributed by atoms with Gasteiger partial charge in [0, 0.05) is 43.2 Å². The molecular formula is C25H48N2O4. The maximum atomic E-state index is 13.5. The van der Waals surface area contributed by atoms with Crippen LogP contribution >= 0.6 is 0 Å². The van der Waals surface area contributed by atoms with E-state index in [2.05, 4.69) is 5.32 Å². The van der Waals surface area contributed by atoms with E-state index in [1.165, 1.54) is 0 Å². The average molecular weight is 441 g/mol. The van der Waals surface area contributed by atoms with E-state index >= 15 is 0 Å². The van der Waals surface area contributed by atoms with Crippen LogP contribution < -0.4 is 5.32 Å². The van der Waals surface area contributed by atoms with Crippen LogP contribution in [0, 0.1) is 5.41 Å². The van der Waals surface area contributed by atoms with E-state index in [4.69, 9.17) is 9.47 Å². The Hall–Kier alpha value is -1.14. The number of hydrogen-bond acceptors (Lipinski definition) is 4. The first kappa shape index (κ1) is 27.9. The molecule has 2 unspecified atom stereocenters. The van der Waals surface area contributed by atoms with Crippen molar-refractivity contribution in [2.24, 2.45) is 5.41 Å². The summed E-state index contributed by atoms with van der Waals surface area (Å²) in [5.74, 6) is 0.132. The van der Waals surface area contributed by atoms with Gasteiger partial charge in [0.15, 0.2) is 0 Å². The van der Waals surface area contributed by atoms with Gasteiger partial charge < -0.3 is 19.7 Å². The average Bonchev–Trinajstić information content (AvgIpc) is 2.59. The van der Waals surface area contributed by atoms with Crippen molar-refractivity contribution in [1.82, 2.24) is 10.2 Å². The Labute approximate surface area is 190 Å². The summed E-state index contributed by atoms with van der Waals surface area (Å²) in [5, 5.41) is 3.17. The molecule has 1 heterocycles. The van der Waals surface area contributed by atoms with Crippen molar-refractivity contribution in [2.45, 2.75) is 124 Å². The third-order valence-electron chi connectivity index (χ3n) is 6.02. The van der Waals surface area contributed by atoms with Crippen molar-refractivity contribution < 1.29 is 19.1 Å². The lowest BCUT2D eigenvalue weighted by Gasteiger charge is -2.42. The van der Waals surface area contributed by atoms with Crippen molar-refractivity contribution in [3.8, 4) is 0 Å². The predicted octanol–water partition coefficient (Wildman–Crippen LogP) is 4.70. The van der Waals surface area contributed by atoms with Gasteiger partial charge in [-0.05, 0) is 80.6 Å². The van der Waals surface area contributed by atoms with Gasteiger partial charge in [-0.15, -0.1) is 0 Å². The number of amides is 2. The highest BCUT2D eigenvalue weighted by molar-refractivity contribution is 5.84. The van der Waals surface area contributed by atoms with Crippen LogP contribution in [0.2, 0.25) is 0 Å². The first-order chi connectivity index (χ1) is 14.2. The normalized spacial score (nSPS) is 19.3. The molecule has 0 aromatic carbocycles. The lowest BCUT2D eigenvalue weighted by molar-refractivity contribution is -0.149. The second-order valence-corrected chi connectivity index (χ2v) is 11.0. The maximum Gasteiger partial charge on any atom is 0.228 e. The first-order valence-corrected chi connectivity index (χ1v) is 12.1. The zero-order valence-corrected chi connectivity index (χ0v) is 21.6. The molecule has 0 radical (unpaired) electrons. The molecule has 31 heavy (non-hydrogen) atoms. The molecule has 0 bridgehead atoms. The van der Waals surface area contributed by atoms with E-state index in [0.29, 0.717) is 26.1 Å². The molecule has 1 saturated heterocycles. The van der Waals surface area contributed by atoms with Crippen molar-refractivity contribution in [3.05, 3.63) is 0 Å². The number of hydrogen-bond donors (Lipinski definition) is 1. The molecule has 0 spiro atoms. The highest BCUT2D eigenvalue weighted by Crippen LogP contribution is 2.34. The fourth-order valence-electron chi connectivity index (χ4n) is 5.21. The molecule has 0 aliphatic carbocycles. The SMILES string of the molecule is CCOC(C)CC(C)(C)NC(=O)CC1CCCCN1C(=O)C(C)(C)CC(C)(C)OCC. The second-order valence-electron chi connectivity index (χ2n) is 11.0. The largest absolute Gasteiger partial charge is 0.379 e. The fourth-order valence-corrected chi connectivity index (χ4v) is 5.21. The molecule has 0 aromatic rings. The van der Waals surface area contributed by atoms with Crippen LogP contribution in [-0.2, 0) is 19.1 Å². The van der Waals surface area contributed by atoms with Gasteiger partial charge >= 0.3 is 0 Å². The molecule has 1 N–H and O–H groups in total. The Kier molecular flexibility index (Phi) is 10.5. The first-order valence-electron chi connectivity index (χ1n) is 12.1. The summed E-state index contributed by atoms with van der Waals surface area (Å²) in [6.07, 6.45) is 4.75. The summed E-state index contributed by atoms with van der Waals surface area (Å²) >= 11 is 0. The van der Waals surface area contributed by atoms with E-state index in [1.54, 1.807) is 0 Å². The van der Waals surface area contributed by atoms with Crippen LogP contribution in [0.15, 0.2) is 0 Å². The van der Waals surface area contributed by atoms with Gasteiger partial charge in [0.05, 0.1) is 11.7 Å². The molecule has 0 saturated carbocycles. The van der Waals surface area contributed by atoms with Crippen molar-refractivity contribution in [2.75, 3.05) is 19.8 Å². The summed E-state index contributed by atoms with van der Waals surface area (Å²) in [5.41, 5.74) is -1.26. The molecular weight excluding hydrogens is 392 g/mol. The van der Waals surface area contributed by atoms with Crippen LogP contribution in [0.25, 0.3) is 0 Å². The summed E-state index contributed by atoms with van der Waals surface area (Å²) in [6.45, 7) is 20.1. The van der Waals surface area contributed by atoms with Crippen LogP contribution in [0.5, 0.6) is 0 Å². The molecule has 1 aliphatic rings. The molecule has 2 amide bonds. The van der Waals surface area contributed by atoms with E-state index in [-0.39, 0.29) is 35.1 Å². The minimum atomic E-state index is -0.545. The van der Waals surface area contributed by atoms with E-state index in [9.17, 15) is 9.59 Å². The minimum absolute atomic E-state index is 0.00542. The third-order valence-corrected chi connectivity index (χ3v) is 6.02. The summed E-state index contributed by atoms with van der Waals surface area (Å²) in [7, 11) is 0. The standard InChI is InChI=1S/C25H48N2O4/c1-10-30-19(3)17-24(6,7)26-21(28)16-20-14-12-13-15-27(20)22(29)23(4,5)18-25(8,9)31-11-2/h19-20H,10-18H2,1-9H3,(H,26,28). The Morgan fingerprint density at radius 3 is 2.29 bits per heavy atom. The molecule has 1 rings (SSSR count). The van der Waals surface area contributed by atoms with Gasteiger partial charge in [-0.1, -0.05) is 13.8 Å². The lowest BCUT2D eigenvalue weighted by Crippen LogP contribution is -2.53. The van der Waals surface area contributed by atoms with Gasteiger partial charge in [0.2, 0.25) is 11.8 Å². The highest BCUT2D eigenvalue weighted by atomic mass is 16.5. The van der Waals surface area contributed by atoms with E-state index in [0.717, 1.165) is 32.2 Å². The zero-order chi connectivity index (χ0) is 23.9. The van der Waals surface area contributed by atoms with Gasteiger partial charge in [-0.3, -0.25) is 9.59 Å². The number of nitrogens with one attached hydrogen (secondary N) is 1. The summed E-state index contributed by atoms with van der Waals surface area (Å²) in [4.78, 5) is 28.4. The monoisotopic (exact) mass is 440 g/mol. The van der Waals surface area contributed by atoms with Gasteiger partial charge in [0.1, 0.15) is 0 Å². The van der Waals surface area contributed by atoms with E-state index < -0.39 is 5.41 Å². The second kappa shape index (κ2) is 11.6. The molecule has 182 valence electrons. The number of ether oxygens (including phenoxy) is 2. The Morgan fingerprint density at radius 2 is 1.71 bits per heavy atom. The smallest absolute Gasteiger partial charge is 0.228 e. The number of likely N-dealkylation sites (tertiary alicyclic amines) is 1. The van der Waals surface area contributed by atoms with Crippen LogP contribution in [0.1, 0.15) is 101 Å². The molecule has 2 atom stereocenters. The Balaban J connectivity index is 2.80.